The third kappa shape index (κ3) is 3.43. The predicted octanol–water partition coefficient (Wildman–Crippen LogP) is 2.54. The molecule has 108 valence electrons. The number of ether oxygens (including phenoxy) is 2. The molecule has 0 fully saturated rings. The Morgan fingerprint density at radius 1 is 1.42 bits per heavy atom. The summed E-state index contributed by atoms with van der Waals surface area (Å²) in [6.07, 6.45) is 0.753. The molecule has 3 N–H and O–H groups in total. The fourth-order valence-electron chi connectivity index (χ4n) is 2.21. The SMILES string of the molecule is CCOC(C)(CC)C(NN)c1ccc(OC)c(F)c1. The molecule has 2 atom stereocenters. The van der Waals surface area contributed by atoms with Crippen molar-refractivity contribution in [2.24, 2.45) is 5.84 Å². The molecule has 0 aromatic heterocycles. The number of rotatable bonds is 7. The fraction of sp³-hybridized carbons (Fsp3) is 0.571. The van der Waals surface area contributed by atoms with Gasteiger partial charge in [0.05, 0.1) is 18.8 Å². The van der Waals surface area contributed by atoms with Crippen LogP contribution in [0, 0.1) is 5.82 Å². The Hall–Kier alpha value is -1.17. The standard InChI is InChI=1S/C14H23FN2O2/c1-5-14(3,19-6-2)13(17-16)10-7-8-12(18-4)11(15)9-10/h7-9,13,17H,5-6,16H2,1-4H3. The lowest BCUT2D eigenvalue weighted by molar-refractivity contribution is -0.0564. The van der Waals surface area contributed by atoms with E-state index in [4.69, 9.17) is 15.3 Å². The molecule has 4 nitrogen and oxygen atoms in total. The van der Waals surface area contributed by atoms with Gasteiger partial charge < -0.3 is 9.47 Å². The second-order valence-corrected chi connectivity index (χ2v) is 4.59. The molecule has 0 amide bonds. The summed E-state index contributed by atoms with van der Waals surface area (Å²) in [4.78, 5) is 0. The van der Waals surface area contributed by atoms with Gasteiger partial charge in [0.1, 0.15) is 0 Å². The molecule has 0 saturated heterocycles. The fourth-order valence-corrected chi connectivity index (χ4v) is 2.21. The maximum Gasteiger partial charge on any atom is 0.165 e. The predicted molar refractivity (Wildman–Crippen MR) is 73.3 cm³/mol. The van der Waals surface area contributed by atoms with Gasteiger partial charge in [-0.15, -0.1) is 0 Å². The van der Waals surface area contributed by atoms with E-state index in [1.54, 1.807) is 12.1 Å². The van der Waals surface area contributed by atoms with Crippen molar-refractivity contribution < 1.29 is 13.9 Å². The molecule has 0 aliphatic heterocycles. The lowest BCUT2D eigenvalue weighted by Gasteiger charge is -2.36. The first-order chi connectivity index (χ1) is 9.02. The third-order valence-corrected chi connectivity index (χ3v) is 3.46. The summed E-state index contributed by atoms with van der Waals surface area (Å²) in [5, 5.41) is 0. The van der Waals surface area contributed by atoms with Crippen molar-refractivity contribution >= 4 is 0 Å². The van der Waals surface area contributed by atoms with E-state index in [-0.39, 0.29) is 11.8 Å². The zero-order valence-electron chi connectivity index (χ0n) is 12.0. The van der Waals surface area contributed by atoms with Gasteiger partial charge in [-0.3, -0.25) is 11.3 Å². The van der Waals surface area contributed by atoms with Gasteiger partial charge in [0.25, 0.3) is 0 Å². The molecule has 0 aliphatic rings. The van der Waals surface area contributed by atoms with Gasteiger partial charge in [-0.05, 0) is 38.0 Å². The molecule has 0 saturated carbocycles. The van der Waals surface area contributed by atoms with Crippen LogP contribution in [0.3, 0.4) is 0 Å². The third-order valence-electron chi connectivity index (χ3n) is 3.46. The molecule has 0 aliphatic carbocycles. The summed E-state index contributed by atoms with van der Waals surface area (Å²) in [5.74, 6) is 5.44. The second-order valence-electron chi connectivity index (χ2n) is 4.59. The van der Waals surface area contributed by atoms with Crippen LogP contribution >= 0.6 is 0 Å². The van der Waals surface area contributed by atoms with E-state index in [9.17, 15) is 4.39 Å². The van der Waals surface area contributed by atoms with Gasteiger partial charge in [-0.25, -0.2) is 4.39 Å². The molecular weight excluding hydrogens is 247 g/mol. The summed E-state index contributed by atoms with van der Waals surface area (Å²) in [7, 11) is 1.44. The van der Waals surface area contributed by atoms with E-state index in [0.29, 0.717) is 6.61 Å². The molecule has 0 spiro atoms. The smallest absolute Gasteiger partial charge is 0.165 e. The lowest BCUT2D eigenvalue weighted by atomic mass is 9.88. The van der Waals surface area contributed by atoms with Crippen LogP contribution in [0.5, 0.6) is 5.75 Å². The summed E-state index contributed by atoms with van der Waals surface area (Å²) in [5.41, 5.74) is 2.97. The summed E-state index contributed by atoms with van der Waals surface area (Å²) in [6.45, 7) is 6.47. The lowest BCUT2D eigenvalue weighted by Crippen LogP contribution is -2.46. The molecule has 19 heavy (non-hydrogen) atoms. The quantitative estimate of drug-likeness (QED) is 0.590. The highest BCUT2D eigenvalue weighted by Gasteiger charge is 2.34. The molecule has 1 aromatic carbocycles. The Bertz CT molecular complexity index is 414. The Balaban J connectivity index is 3.12. The van der Waals surface area contributed by atoms with Crippen molar-refractivity contribution in [3.63, 3.8) is 0 Å². The number of nitrogens with two attached hydrogens (primary N) is 1. The van der Waals surface area contributed by atoms with E-state index in [2.05, 4.69) is 5.43 Å². The average molecular weight is 270 g/mol. The Morgan fingerprint density at radius 3 is 2.53 bits per heavy atom. The molecule has 1 rings (SSSR count). The van der Waals surface area contributed by atoms with Gasteiger partial charge in [0.2, 0.25) is 0 Å². The number of hydrogen-bond acceptors (Lipinski definition) is 4. The van der Waals surface area contributed by atoms with Gasteiger partial charge in [0.15, 0.2) is 11.6 Å². The van der Waals surface area contributed by atoms with Gasteiger partial charge in [-0.1, -0.05) is 13.0 Å². The van der Waals surface area contributed by atoms with Crippen molar-refractivity contribution in [3.8, 4) is 5.75 Å². The monoisotopic (exact) mass is 270 g/mol. The number of methoxy groups -OCH3 is 1. The number of benzene rings is 1. The van der Waals surface area contributed by atoms with Crippen LogP contribution in [0.15, 0.2) is 18.2 Å². The highest BCUT2D eigenvalue weighted by atomic mass is 19.1. The second kappa shape index (κ2) is 6.84. The average Bonchev–Trinajstić information content (AvgIpc) is 2.40. The molecule has 5 heteroatoms. The molecule has 0 radical (unpaired) electrons. The normalized spacial score (nSPS) is 15.9. The summed E-state index contributed by atoms with van der Waals surface area (Å²) in [6, 6.07) is 4.52. The van der Waals surface area contributed by atoms with Crippen LogP contribution in [0.2, 0.25) is 0 Å². The number of hydrazine groups is 1. The van der Waals surface area contributed by atoms with Gasteiger partial charge in [0, 0.05) is 6.61 Å². The van der Waals surface area contributed by atoms with Crippen LogP contribution in [0.25, 0.3) is 0 Å². The Morgan fingerprint density at radius 2 is 2.11 bits per heavy atom. The first-order valence-corrected chi connectivity index (χ1v) is 6.45. The number of nitrogens with one attached hydrogen (secondary N) is 1. The van der Waals surface area contributed by atoms with Crippen molar-refractivity contribution in [2.75, 3.05) is 13.7 Å². The summed E-state index contributed by atoms with van der Waals surface area (Å²) >= 11 is 0. The van der Waals surface area contributed by atoms with Crippen LogP contribution < -0.4 is 16.0 Å². The zero-order valence-corrected chi connectivity index (χ0v) is 12.0. The molecule has 1 aromatic rings. The van der Waals surface area contributed by atoms with Gasteiger partial charge in [-0.2, -0.15) is 0 Å². The van der Waals surface area contributed by atoms with Crippen molar-refractivity contribution in [2.45, 2.75) is 38.8 Å². The van der Waals surface area contributed by atoms with E-state index in [0.717, 1.165) is 12.0 Å². The Kier molecular flexibility index (Phi) is 5.72. The van der Waals surface area contributed by atoms with E-state index < -0.39 is 11.4 Å². The van der Waals surface area contributed by atoms with Crippen LogP contribution in [0.1, 0.15) is 38.8 Å². The van der Waals surface area contributed by atoms with E-state index >= 15 is 0 Å². The van der Waals surface area contributed by atoms with Gasteiger partial charge >= 0.3 is 0 Å². The van der Waals surface area contributed by atoms with Crippen LogP contribution in [-0.2, 0) is 4.74 Å². The minimum atomic E-state index is -0.496. The van der Waals surface area contributed by atoms with Crippen molar-refractivity contribution in [1.29, 1.82) is 0 Å². The molecule has 0 heterocycles. The number of halogens is 1. The topological polar surface area (TPSA) is 56.5 Å². The minimum absolute atomic E-state index is 0.217. The first-order valence-electron chi connectivity index (χ1n) is 6.45. The summed E-state index contributed by atoms with van der Waals surface area (Å²) < 4.78 is 24.5. The van der Waals surface area contributed by atoms with Crippen molar-refractivity contribution in [1.82, 2.24) is 5.43 Å². The van der Waals surface area contributed by atoms with Crippen LogP contribution in [-0.4, -0.2) is 19.3 Å². The largest absolute Gasteiger partial charge is 0.494 e. The minimum Gasteiger partial charge on any atom is -0.494 e. The molecule has 2 unspecified atom stereocenters. The zero-order chi connectivity index (χ0) is 14.5. The number of hydrogen-bond donors (Lipinski definition) is 2. The van der Waals surface area contributed by atoms with E-state index in [1.807, 2.05) is 20.8 Å². The first kappa shape index (κ1) is 15.9. The maximum atomic E-state index is 13.8. The Labute approximate surface area is 114 Å². The van der Waals surface area contributed by atoms with Crippen molar-refractivity contribution in [3.05, 3.63) is 29.6 Å². The maximum absolute atomic E-state index is 13.8. The van der Waals surface area contributed by atoms with E-state index in [1.165, 1.54) is 13.2 Å². The van der Waals surface area contributed by atoms with Crippen LogP contribution in [0.4, 0.5) is 4.39 Å². The highest BCUT2D eigenvalue weighted by Crippen LogP contribution is 2.33. The molecule has 0 bridgehead atoms. The molecular formula is C14H23FN2O2. The highest BCUT2D eigenvalue weighted by molar-refractivity contribution is 5.32.